The molecule has 6 nitrogen and oxygen atoms in total. The fraction of sp³-hybridized carbons (Fsp3) is 0.364. The van der Waals surface area contributed by atoms with Crippen LogP contribution in [0.1, 0.15) is 53.9 Å². The molecule has 1 N–H and O–H groups in total. The first-order valence-corrected chi connectivity index (χ1v) is 12.5. The summed E-state index contributed by atoms with van der Waals surface area (Å²) in [4.78, 5) is 24.2. The zero-order chi connectivity index (χ0) is 21.6. The second kappa shape index (κ2) is 10.5. The normalized spacial score (nSPS) is 15.0. The van der Waals surface area contributed by atoms with Crippen LogP contribution in [0.25, 0.3) is 0 Å². The van der Waals surface area contributed by atoms with E-state index in [4.69, 9.17) is 4.74 Å². The average molecular weight is 541 g/mol. The summed E-state index contributed by atoms with van der Waals surface area (Å²) >= 11 is 2.07. The second-order valence-electron chi connectivity index (χ2n) is 7.32. The lowest BCUT2D eigenvalue weighted by atomic mass is 9.84. The number of ether oxygens (including phenoxy) is 1. The van der Waals surface area contributed by atoms with Gasteiger partial charge in [-0.05, 0) is 71.2 Å². The smallest absolute Gasteiger partial charge is 0.321 e. The molecule has 1 saturated carbocycles. The van der Waals surface area contributed by atoms with Gasteiger partial charge in [0.2, 0.25) is 10.0 Å². The van der Waals surface area contributed by atoms with Gasteiger partial charge in [0.25, 0.3) is 0 Å². The van der Waals surface area contributed by atoms with Gasteiger partial charge in [0.15, 0.2) is 12.4 Å². The minimum atomic E-state index is -3.82. The number of sulfonamides is 1. The van der Waals surface area contributed by atoms with Crippen LogP contribution < -0.4 is 4.72 Å². The molecule has 8 heteroatoms. The summed E-state index contributed by atoms with van der Waals surface area (Å²) in [6, 6.07) is 13.7. The highest BCUT2D eigenvalue weighted by molar-refractivity contribution is 14.1. The third kappa shape index (κ3) is 6.36. The van der Waals surface area contributed by atoms with Gasteiger partial charge in [-0.25, -0.2) is 8.42 Å². The van der Waals surface area contributed by atoms with Crippen LogP contribution in [0.15, 0.2) is 53.4 Å². The molecule has 30 heavy (non-hydrogen) atoms. The van der Waals surface area contributed by atoms with Crippen molar-refractivity contribution >= 4 is 44.4 Å². The predicted octanol–water partition coefficient (Wildman–Crippen LogP) is 4.04. The number of rotatable bonds is 8. The summed E-state index contributed by atoms with van der Waals surface area (Å²) in [6.45, 7) is -0.963. The van der Waals surface area contributed by atoms with E-state index in [1.807, 2.05) is 12.1 Å². The molecule has 0 amide bonds. The fourth-order valence-electron chi connectivity index (χ4n) is 3.51. The number of halogens is 1. The lowest BCUT2D eigenvalue weighted by Crippen LogP contribution is -2.31. The Balaban J connectivity index is 1.47. The standard InChI is InChI=1S/C22H24INO5S/c23-19-10-12-20(13-11-19)30(27,28)24-14-22(26)29-15-21(25)18-8-6-17(7-9-18)16-4-2-1-3-5-16/h6-13,16,24H,1-5,14-15H2. The van der Waals surface area contributed by atoms with E-state index in [1.54, 1.807) is 24.3 Å². The Hall–Kier alpha value is -1.78. The number of Topliss-reactive ketones (excluding diaryl/α,β-unsaturated/α-hetero) is 1. The zero-order valence-corrected chi connectivity index (χ0v) is 19.4. The molecule has 160 valence electrons. The molecular formula is C22H24INO5S. The molecule has 3 rings (SSSR count). The van der Waals surface area contributed by atoms with Crippen LogP contribution in [0, 0.1) is 3.57 Å². The summed E-state index contributed by atoms with van der Waals surface area (Å²) in [5.41, 5.74) is 1.72. The number of hydrogen-bond donors (Lipinski definition) is 1. The van der Waals surface area contributed by atoms with Gasteiger partial charge >= 0.3 is 5.97 Å². The third-order valence-corrected chi connectivity index (χ3v) is 7.34. The second-order valence-corrected chi connectivity index (χ2v) is 10.3. The largest absolute Gasteiger partial charge is 0.456 e. The van der Waals surface area contributed by atoms with Crippen molar-refractivity contribution in [1.29, 1.82) is 0 Å². The maximum absolute atomic E-state index is 12.3. The molecule has 0 radical (unpaired) electrons. The molecule has 0 saturated heterocycles. The molecule has 0 unspecified atom stereocenters. The highest BCUT2D eigenvalue weighted by Crippen LogP contribution is 2.32. The molecule has 0 bridgehead atoms. The van der Waals surface area contributed by atoms with E-state index in [0.29, 0.717) is 11.5 Å². The molecular weight excluding hydrogens is 517 g/mol. The first-order valence-electron chi connectivity index (χ1n) is 9.89. The van der Waals surface area contributed by atoms with Gasteiger partial charge in [-0.3, -0.25) is 9.59 Å². The van der Waals surface area contributed by atoms with Crippen molar-refractivity contribution in [3.8, 4) is 0 Å². The molecule has 2 aromatic carbocycles. The summed E-state index contributed by atoms with van der Waals surface area (Å²) < 4.78 is 32.4. The van der Waals surface area contributed by atoms with E-state index < -0.39 is 29.1 Å². The van der Waals surface area contributed by atoms with Crippen LogP contribution in [0.3, 0.4) is 0 Å². The molecule has 2 aromatic rings. The monoisotopic (exact) mass is 541 g/mol. The number of carbonyl (C=O) groups excluding carboxylic acids is 2. The Morgan fingerprint density at radius 3 is 2.23 bits per heavy atom. The van der Waals surface area contributed by atoms with Crippen molar-refractivity contribution in [3.63, 3.8) is 0 Å². The number of carbonyl (C=O) groups is 2. The number of nitrogens with one attached hydrogen (secondary N) is 1. The minimum Gasteiger partial charge on any atom is -0.456 e. The highest BCUT2D eigenvalue weighted by atomic mass is 127. The van der Waals surface area contributed by atoms with Gasteiger partial charge in [-0.1, -0.05) is 43.5 Å². The average Bonchev–Trinajstić information content (AvgIpc) is 2.77. The molecule has 0 heterocycles. The van der Waals surface area contributed by atoms with E-state index in [9.17, 15) is 18.0 Å². The lowest BCUT2D eigenvalue weighted by molar-refractivity contribution is -0.141. The molecule has 0 spiro atoms. The molecule has 1 aliphatic rings. The SMILES string of the molecule is O=C(CNS(=O)(=O)c1ccc(I)cc1)OCC(=O)c1ccc(C2CCCCC2)cc1. The molecule has 1 fully saturated rings. The maximum Gasteiger partial charge on any atom is 0.321 e. The van der Waals surface area contributed by atoms with Gasteiger partial charge in [-0.2, -0.15) is 4.72 Å². The van der Waals surface area contributed by atoms with E-state index in [-0.39, 0.29) is 10.7 Å². The van der Waals surface area contributed by atoms with Crippen molar-refractivity contribution in [2.45, 2.75) is 42.9 Å². The summed E-state index contributed by atoms with van der Waals surface area (Å²) in [5, 5.41) is 0. The Bertz CT molecular complexity index is 981. The number of hydrogen-bond acceptors (Lipinski definition) is 5. The zero-order valence-electron chi connectivity index (χ0n) is 16.5. The minimum absolute atomic E-state index is 0.0600. The third-order valence-electron chi connectivity index (χ3n) is 5.20. The molecule has 0 aromatic heterocycles. The van der Waals surface area contributed by atoms with Crippen LogP contribution in [-0.4, -0.2) is 33.3 Å². The van der Waals surface area contributed by atoms with Crippen LogP contribution in [0.5, 0.6) is 0 Å². The van der Waals surface area contributed by atoms with Crippen LogP contribution in [0.2, 0.25) is 0 Å². The van der Waals surface area contributed by atoms with Crippen LogP contribution in [-0.2, 0) is 19.6 Å². The first kappa shape index (κ1) is 22.9. The summed E-state index contributed by atoms with van der Waals surface area (Å²) in [6.07, 6.45) is 6.15. The van der Waals surface area contributed by atoms with Gasteiger partial charge in [0.05, 0.1) is 4.90 Å². The van der Waals surface area contributed by atoms with Crippen LogP contribution >= 0.6 is 22.6 Å². The number of benzene rings is 2. The summed E-state index contributed by atoms with van der Waals surface area (Å²) in [7, 11) is -3.82. The van der Waals surface area contributed by atoms with E-state index in [1.165, 1.54) is 49.8 Å². The lowest BCUT2D eigenvalue weighted by Gasteiger charge is -2.22. The quantitative estimate of drug-likeness (QED) is 0.310. The van der Waals surface area contributed by atoms with Crippen molar-refractivity contribution in [1.82, 2.24) is 4.72 Å². The Labute approximate surface area is 190 Å². The van der Waals surface area contributed by atoms with Crippen molar-refractivity contribution < 1.29 is 22.7 Å². The van der Waals surface area contributed by atoms with Gasteiger partial charge in [0.1, 0.15) is 6.54 Å². The Morgan fingerprint density at radius 2 is 1.60 bits per heavy atom. The fourth-order valence-corrected chi connectivity index (χ4v) is 4.84. The Morgan fingerprint density at radius 1 is 0.967 bits per heavy atom. The maximum atomic E-state index is 12.3. The Kier molecular flexibility index (Phi) is 8.01. The van der Waals surface area contributed by atoms with Gasteiger partial charge < -0.3 is 4.74 Å². The number of esters is 1. The number of ketones is 1. The highest BCUT2D eigenvalue weighted by Gasteiger charge is 2.18. The van der Waals surface area contributed by atoms with Crippen LogP contribution in [0.4, 0.5) is 0 Å². The predicted molar refractivity (Wildman–Crippen MR) is 122 cm³/mol. The van der Waals surface area contributed by atoms with E-state index in [2.05, 4.69) is 27.3 Å². The van der Waals surface area contributed by atoms with E-state index >= 15 is 0 Å². The van der Waals surface area contributed by atoms with Gasteiger partial charge in [0, 0.05) is 9.13 Å². The topological polar surface area (TPSA) is 89.5 Å². The van der Waals surface area contributed by atoms with Gasteiger partial charge in [-0.15, -0.1) is 0 Å². The van der Waals surface area contributed by atoms with Crippen molar-refractivity contribution in [2.75, 3.05) is 13.2 Å². The molecule has 0 atom stereocenters. The molecule has 1 aliphatic carbocycles. The van der Waals surface area contributed by atoms with Crippen molar-refractivity contribution in [3.05, 3.63) is 63.2 Å². The summed E-state index contributed by atoms with van der Waals surface area (Å²) in [5.74, 6) is -0.572. The molecule has 0 aliphatic heterocycles. The van der Waals surface area contributed by atoms with E-state index in [0.717, 1.165) is 3.57 Å². The van der Waals surface area contributed by atoms with Crippen molar-refractivity contribution in [2.24, 2.45) is 0 Å². The first-order chi connectivity index (χ1) is 14.3.